The van der Waals surface area contributed by atoms with Crippen molar-refractivity contribution >= 4 is 29.1 Å². The summed E-state index contributed by atoms with van der Waals surface area (Å²) in [5.74, 6) is -1.24. The summed E-state index contributed by atoms with van der Waals surface area (Å²) in [4.78, 5) is 27.7. The molecule has 1 amide bonds. The van der Waals surface area contributed by atoms with E-state index in [0.717, 1.165) is 17.3 Å². The molecule has 0 fully saturated rings. The molecule has 0 aliphatic rings. The minimum absolute atomic E-state index is 0.00902. The summed E-state index contributed by atoms with van der Waals surface area (Å²) in [5.41, 5.74) is 2.38. The number of nitrogens with one attached hydrogen (secondary N) is 1. The van der Waals surface area contributed by atoms with E-state index in [2.05, 4.69) is 10.3 Å². The summed E-state index contributed by atoms with van der Waals surface area (Å²) < 4.78 is 16.1. The topological polar surface area (TPSA) is 64.0 Å². The predicted octanol–water partition coefficient (Wildman–Crippen LogP) is 4.25. The molecule has 0 saturated carbocycles. The number of carbonyl (C=O) groups excluding carboxylic acids is 2. The van der Waals surface area contributed by atoms with Gasteiger partial charge < -0.3 is 5.32 Å². The Morgan fingerprint density at radius 2 is 2.04 bits per heavy atom. The van der Waals surface area contributed by atoms with Gasteiger partial charge in [0.1, 0.15) is 5.82 Å². The summed E-state index contributed by atoms with van der Waals surface area (Å²) >= 11 is 1.25. The van der Waals surface area contributed by atoms with Crippen LogP contribution in [-0.4, -0.2) is 27.0 Å². The average Bonchev–Trinajstić information content (AvgIpc) is 3.08. The smallest absolute Gasteiger partial charge is 0.221 e. The van der Waals surface area contributed by atoms with E-state index in [1.54, 1.807) is 6.20 Å². The Hall–Kier alpha value is -2.93. The fraction of sp³-hybridized carbons (Fsp3) is 0.150. The van der Waals surface area contributed by atoms with Crippen LogP contribution >= 0.6 is 11.8 Å². The van der Waals surface area contributed by atoms with E-state index in [4.69, 9.17) is 0 Å². The van der Waals surface area contributed by atoms with Gasteiger partial charge in [-0.05, 0) is 42.8 Å². The number of aryl methyl sites for hydroxylation is 1. The summed E-state index contributed by atoms with van der Waals surface area (Å²) in [6, 6.07) is 12.0. The fourth-order valence-corrected chi connectivity index (χ4v) is 3.46. The van der Waals surface area contributed by atoms with Crippen molar-refractivity contribution in [3.63, 3.8) is 0 Å². The van der Waals surface area contributed by atoms with E-state index in [1.807, 2.05) is 42.0 Å². The van der Waals surface area contributed by atoms with Gasteiger partial charge in [0.15, 0.2) is 10.9 Å². The van der Waals surface area contributed by atoms with Crippen molar-refractivity contribution in [2.45, 2.75) is 19.0 Å². The van der Waals surface area contributed by atoms with Gasteiger partial charge in [-0.2, -0.15) is 0 Å². The molecule has 138 valence electrons. The number of ketones is 1. The summed E-state index contributed by atoms with van der Waals surface area (Å²) in [6.45, 7) is 3.34. The van der Waals surface area contributed by atoms with E-state index < -0.39 is 5.82 Å². The number of carbonyl (C=O) groups is 2. The average molecular weight is 383 g/mol. The van der Waals surface area contributed by atoms with E-state index in [0.29, 0.717) is 10.8 Å². The second-order valence-corrected chi connectivity index (χ2v) is 6.95. The molecule has 3 rings (SSSR count). The van der Waals surface area contributed by atoms with Crippen molar-refractivity contribution in [2.24, 2.45) is 0 Å². The quantitative estimate of drug-likeness (QED) is 0.510. The lowest BCUT2D eigenvalue weighted by Gasteiger charge is -2.09. The predicted molar refractivity (Wildman–Crippen MR) is 104 cm³/mol. The highest BCUT2D eigenvalue weighted by Gasteiger charge is 2.15. The molecule has 0 radical (unpaired) electrons. The molecule has 0 unspecified atom stereocenters. The monoisotopic (exact) mass is 383 g/mol. The maximum absolute atomic E-state index is 14.2. The van der Waals surface area contributed by atoms with Crippen LogP contribution in [0.25, 0.3) is 5.69 Å². The number of hydrogen-bond acceptors (Lipinski definition) is 4. The highest BCUT2D eigenvalue weighted by atomic mass is 32.2. The van der Waals surface area contributed by atoms with Gasteiger partial charge in [0, 0.05) is 30.7 Å². The van der Waals surface area contributed by atoms with Crippen LogP contribution in [0, 0.1) is 12.7 Å². The van der Waals surface area contributed by atoms with Crippen molar-refractivity contribution in [1.82, 2.24) is 9.55 Å². The Morgan fingerprint density at radius 3 is 2.74 bits per heavy atom. The van der Waals surface area contributed by atoms with Gasteiger partial charge >= 0.3 is 0 Å². The second-order valence-electron chi connectivity index (χ2n) is 6.01. The number of anilines is 1. The highest BCUT2D eigenvalue weighted by Crippen LogP contribution is 2.23. The normalized spacial score (nSPS) is 10.6. The van der Waals surface area contributed by atoms with Gasteiger partial charge in [0.25, 0.3) is 0 Å². The largest absolute Gasteiger partial charge is 0.326 e. The zero-order valence-corrected chi connectivity index (χ0v) is 15.7. The molecule has 0 atom stereocenters. The number of halogens is 1. The SMILES string of the molecule is CC(=O)Nc1ccc(C(=O)CSc2nccn2-c2cccc(C)c2)c(F)c1. The van der Waals surface area contributed by atoms with Gasteiger partial charge in [-0.25, -0.2) is 9.37 Å². The van der Waals surface area contributed by atoms with E-state index in [-0.39, 0.29) is 23.0 Å². The first-order valence-corrected chi connectivity index (χ1v) is 9.26. The van der Waals surface area contributed by atoms with Crippen LogP contribution in [0.5, 0.6) is 0 Å². The van der Waals surface area contributed by atoms with Gasteiger partial charge in [-0.3, -0.25) is 14.2 Å². The molecule has 0 saturated heterocycles. The Morgan fingerprint density at radius 1 is 1.22 bits per heavy atom. The van der Waals surface area contributed by atoms with Crippen molar-refractivity contribution in [1.29, 1.82) is 0 Å². The minimum Gasteiger partial charge on any atom is -0.326 e. The highest BCUT2D eigenvalue weighted by molar-refractivity contribution is 7.99. The Kier molecular flexibility index (Phi) is 5.71. The second kappa shape index (κ2) is 8.18. The Labute approximate surface area is 160 Å². The van der Waals surface area contributed by atoms with Gasteiger partial charge in [-0.15, -0.1) is 0 Å². The van der Waals surface area contributed by atoms with Crippen molar-refractivity contribution in [3.05, 3.63) is 71.8 Å². The molecule has 7 heteroatoms. The zero-order valence-electron chi connectivity index (χ0n) is 14.9. The Bertz CT molecular complexity index is 1000. The summed E-state index contributed by atoms with van der Waals surface area (Å²) in [5, 5.41) is 3.14. The van der Waals surface area contributed by atoms with Crippen LogP contribution in [0.1, 0.15) is 22.8 Å². The number of amides is 1. The lowest BCUT2D eigenvalue weighted by Crippen LogP contribution is -2.09. The van der Waals surface area contributed by atoms with Crippen LogP contribution in [-0.2, 0) is 4.79 Å². The van der Waals surface area contributed by atoms with Crippen LogP contribution in [0.2, 0.25) is 0 Å². The maximum Gasteiger partial charge on any atom is 0.221 e. The first kappa shape index (κ1) is 18.8. The number of nitrogens with zero attached hydrogens (tertiary/aromatic N) is 2. The molecule has 0 aliphatic heterocycles. The van der Waals surface area contributed by atoms with Gasteiger partial charge in [0.2, 0.25) is 5.91 Å². The van der Waals surface area contributed by atoms with Crippen molar-refractivity contribution in [2.75, 3.05) is 11.1 Å². The van der Waals surface area contributed by atoms with Crippen molar-refractivity contribution in [3.8, 4) is 5.69 Å². The van der Waals surface area contributed by atoms with Crippen LogP contribution in [0.3, 0.4) is 0 Å². The first-order valence-electron chi connectivity index (χ1n) is 8.27. The maximum atomic E-state index is 14.2. The number of hydrogen-bond donors (Lipinski definition) is 1. The molecule has 2 aromatic carbocycles. The molecule has 3 aromatic rings. The number of rotatable bonds is 6. The van der Waals surface area contributed by atoms with Crippen LogP contribution in [0.4, 0.5) is 10.1 Å². The van der Waals surface area contributed by atoms with Crippen LogP contribution in [0.15, 0.2) is 60.0 Å². The molecule has 1 N–H and O–H groups in total. The molecule has 0 aliphatic carbocycles. The van der Waals surface area contributed by atoms with Gasteiger partial charge in [0.05, 0.1) is 11.3 Å². The standard InChI is InChI=1S/C20H18FN3O2S/c1-13-4-3-5-16(10-13)24-9-8-22-20(24)27-12-19(26)17-7-6-15(11-18(17)21)23-14(2)25/h3-11H,12H2,1-2H3,(H,23,25). The number of aromatic nitrogens is 2. The third-order valence-electron chi connectivity index (χ3n) is 3.81. The first-order chi connectivity index (χ1) is 12.9. The summed E-state index contributed by atoms with van der Waals surface area (Å²) in [7, 11) is 0. The van der Waals surface area contributed by atoms with E-state index in [9.17, 15) is 14.0 Å². The zero-order chi connectivity index (χ0) is 19.4. The Balaban J connectivity index is 1.72. The number of benzene rings is 2. The van der Waals surface area contributed by atoms with E-state index in [1.165, 1.54) is 30.8 Å². The molecule has 1 heterocycles. The third kappa shape index (κ3) is 4.62. The molecular weight excluding hydrogens is 365 g/mol. The number of imidazole rings is 1. The molecule has 5 nitrogen and oxygen atoms in total. The third-order valence-corrected chi connectivity index (χ3v) is 4.78. The fourth-order valence-electron chi connectivity index (χ4n) is 2.60. The molecule has 27 heavy (non-hydrogen) atoms. The van der Waals surface area contributed by atoms with E-state index >= 15 is 0 Å². The van der Waals surface area contributed by atoms with Gasteiger partial charge in [-0.1, -0.05) is 23.9 Å². The molecule has 0 spiro atoms. The minimum atomic E-state index is -0.658. The lowest BCUT2D eigenvalue weighted by atomic mass is 10.1. The lowest BCUT2D eigenvalue weighted by molar-refractivity contribution is -0.114. The summed E-state index contributed by atoms with van der Waals surface area (Å²) in [6.07, 6.45) is 3.49. The molecule has 0 bridgehead atoms. The molecule has 1 aromatic heterocycles. The van der Waals surface area contributed by atoms with Crippen LogP contribution < -0.4 is 5.32 Å². The molecular formula is C20H18FN3O2S. The number of Topliss-reactive ketones (excluding diaryl/α,β-unsaturated/α-hetero) is 1. The number of thioether (sulfide) groups is 1. The van der Waals surface area contributed by atoms with Crippen molar-refractivity contribution < 1.29 is 14.0 Å².